The van der Waals surface area contributed by atoms with Crippen LogP contribution in [-0.2, 0) is 18.6 Å². The van der Waals surface area contributed by atoms with Crippen LogP contribution in [0.1, 0.15) is 43.9 Å². The Kier molecular flexibility index (Phi) is 4.41. The van der Waals surface area contributed by atoms with Crippen molar-refractivity contribution in [3.8, 4) is 5.82 Å². The minimum Gasteiger partial charge on any atom is -0.383 e. The van der Waals surface area contributed by atoms with E-state index >= 15 is 0 Å². The first-order chi connectivity index (χ1) is 14.5. The molecule has 1 unspecified atom stereocenters. The van der Waals surface area contributed by atoms with Gasteiger partial charge in [0.25, 0.3) is 5.56 Å². The van der Waals surface area contributed by atoms with Crippen LogP contribution in [0.25, 0.3) is 16.9 Å². The normalized spacial score (nSPS) is 21.7. The highest BCUT2D eigenvalue weighted by molar-refractivity contribution is 7.98. The Hall–Kier alpha value is -2.45. The monoisotopic (exact) mass is 423 g/mol. The minimum atomic E-state index is -0.928. The summed E-state index contributed by atoms with van der Waals surface area (Å²) >= 11 is 1.42. The molecule has 0 saturated heterocycles. The van der Waals surface area contributed by atoms with E-state index in [1.807, 2.05) is 25.3 Å². The van der Waals surface area contributed by atoms with E-state index in [4.69, 9.17) is 4.98 Å². The Labute approximate surface area is 178 Å². The number of allylic oxidation sites excluding steroid dienone is 1. The van der Waals surface area contributed by atoms with Crippen molar-refractivity contribution in [3.05, 3.63) is 52.6 Å². The van der Waals surface area contributed by atoms with Crippen LogP contribution in [0.4, 0.5) is 0 Å². The molecule has 0 aliphatic heterocycles. The molecule has 0 amide bonds. The Balaban J connectivity index is 1.78. The van der Waals surface area contributed by atoms with Crippen molar-refractivity contribution in [3.63, 3.8) is 0 Å². The number of nitrogens with zero attached hydrogens (tertiary/aromatic N) is 5. The summed E-state index contributed by atoms with van der Waals surface area (Å²) in [6.07, 6.45) is 9.80. The lowest BCUT2D eigenvalue weighted by Crippen LogP contribution is -2.42. The molecule has 8 heteroatoms. The highest BCUT2D eigenvalue weighted by Crippen LogP contribution is 2.64. The van der Waals surface area contributed by atoms with Gasteiger partial charge in [0.2, 0.25) is 0 Å². The smallest absolute Gasteiger partial charge is 0.278 e. The molecule has 3 aromatic rings. The van der Waals surface area contributed by atoms with Gasteiger partial charge in [-0.05, 0) is 50.0 Å². The third kappa shape index (κ3) is 2.56. The molecule has 0 aromatic carbocycles. The quantitative estimate of drug-likeness (QED) is 0.385. The van der Waals surface area contributed by atoms with Crippen molar-refractivity contribution in [2.75, 3.05) is 6.26 Å². The molecule has 1 N–H and O–H groups in total. The summed E-state index contributed by atoms with van der Waals surface area (Å²) in [5.74, 6) is 0.582. The van der Waals surface area contributed by atoms with Crippen molar-refractivity contribution < 1.29 is 5.11 Å². The predicted molar refractivity (Wildman–Crippen MR) is 117 cm³/mol. The van der Waals surface area contributed by atoms with E-state index in [-0.39, 0.29) is 11.0 Å². The van der Waals surface area contributed by atoms with Crippen molar-refractivity contribution in [1.82, 2.24) is 24.3 Å². The van der Waals surface area contributed by atoms with Crippen LogP contribution in [-0.4, -0.2) is 35.7 Å². The SMILES string of the molecule is C=CCn1c(=O)c2cnc(SC)nc2n1-c1ccc2c(n1)C(O)(CC)C1(CC2)CC1. The molecule has 5 rings (SSSR count). The molecule has 1 atom stereocenters. The van der Waals surface area contributed by atoms with E-state index in [2.05, 4.69) is 16.5 Å². The molecule has 0 bridgehead atoms. The number of hydrogen-bond acceptors (Lipinski definition) is 6. The van der Waals surface area contributed by atoms with E-state index in [9.17, 15) is 9.90 Å². The molecular formula is C22H25N5O2S. The van der Waals surface area contributed by atoms with Gasteiger partial charge in [0.05, 0.1) is 12.2 Å². The summed E-state index contributed by atoms with van der Waals surface area (Å²) in [7, 11) is 0. The zero-order valence-corrected chi connectivity index (χ0v) is 18.1. The van der Waals surface area contributed by atoms with Gasteiger partial charge in [-0.15, -0.1) is 6.58 Å². The van der Waals surface area contributed by atoms with Gasteiger partial charge in [-0.1, -0.05) is 30.8 Å². The van der Waals surface area contributed by atoms with E-state index in [0.717, 1.165) is 36.9 Å². The second-order valence-corrected chi connectivity index (χ2v) is 9.03. The number of hydrogen-bond donors (Lipinski definition) is 1. The number of aryl methyl sites for hydroxylation is 1. The summed E-state index contributed by atoms with van der Waals surface area (Å²) in [5.41, 5.74) is 1.21. The molecule has 2 aliphatic rings. The van der Waals surface area contributed by atoms with Gasteiger partial charge in [-0.25, -0.2) is 24.3 Å². The van der Waals surface area contributed by atoms with Crippen molar-refractivity contribution >= 4 is 22.8 Å². The first kappa shape index (κ1) is 19.5. The highest BCUT2D eigenvalue weighted by Gasteiger charge is 2.61. The summed E-state index contributed by atoms with van der Waals surface area (Å²) < 4.78 is 3.32. The number of fused-ring (bicyclic) bond motifs is 2. The second kappa shape index (κ2) is 6.78. The average Bonchev–Trinajstić information content (AvgIpc) is 3.51. The largest absolute Gasteiger partial charge is 0.383 e. The number of thioether (sulfide) groups is 1. The van der Waals surface area contributed by atoms with Gasteiger partial charge in [0.15, 0.2) is 16.6 Å². The van der Waals surface area contributed by atoms with Crippen LogP contribution in [0.2, 0.25) is 0 Å². The van der Waals surface area contributed by atoms with E-state index in [0.29, 0.717) is 35.0 Å². The lowest BCUT2D eigenvalue weighted by molar-refractivity contribution is -0.0580. The molecule has 1 fully saturated rings. The molecule has 3 aromatic heterocycles. The topological polar surface area (TPSA) is 85.8 Å². The van der Waals surface area contributed by atoms with Gasteiger partial charge < -0.3 is 5.11 Å². The summed E-state index contributed by atoms with van der Waals surface area (Å²) in [6.45, 7) is 6.15. The van der Waals surface area contributed by atoms with Crippen LogP contribution < -0.4 is 5.56 Å². The first-order valence-corrected chi connectivity index (χ1v) is 11.6. The van der Waals surface area contributed by atoms with Gasteiger partial charge in [0.1, 0.15) is 11.0 Å². The maximum Gasteiger partial charge on any atom is 0.278 e. The number of aliphatic hydroxyl groups is 1. The van der Waals surface area contributed by atoms with Crippen LogP contribution in [0.15, 0.2) is 40.9 Å². The average molecular weight is 424 g/mol. The van der Waals surface area contributed by atoms with Crippen LogP contribution in [0.3, 0.4) is 0 Å². The zero-order valence-electron chi connectivity index (χ0n) is 17.3. The van der Waals surface area contributed by atoms with Gasteiger partial charge >= 0.3 is 0 Å². The fraction of sp³-hybridized carbons (Fsp3) is 0.455. The standard InChI is InChI=1S/C22H25N5O2S/c1-4-12-26-19(28)15-13-23-20(30-3)25-18(15)27(26)16-7-6-14-8-9-21(10-11-21)22(29,5-2)17(14)24-16/h4,6-7,13,29H,1,5,8-12H2,2-3H3. The Bertz CT molecular complexity index is 1230. The number of pyridine rings is 1. The maximum absolute atomic E-state index is 13.0. The molecular weight excluding hydrogens is 398 g/mol. The Morgan fingerprint density at radius 1 is 1.30 bits per heavy atom. The molecule has 156 valence electrons. The second-order valence-electron chi connectivity index (χ2n) is 8.25. The lowest BCUT2D eigenvalue weighted by Gasteiger charge is -2.41. The number of aromatic nitrogens is 5. The van der Waals surface area contributed by atoms with Crippen molar-refractivity contribution in [2.45, 2.75) is 56.3 Å². The Morgan fingerprint density at radius 2 is 2.10 bits per heavy atom. The number of rotatable bonds is 5. The summed E-state index contributed by atoms with van der Waals surface area (Å²) in [6, 6.07) is 3.96. The van der Waals surface area contributed by atoms with Gasteiger partial charge in [0, 0.05) is 11.6 Å². The molecule has 0 radical (unpaired) electrons. The molecule has 7 nitrogen and oxygen atoms in total. The maximum atomic E-state index is 13.0. The van der Waals surface area contributed by atoms with E-state index < -0.39 is 5.60 Å². The first-order valence-electron chi connectivity index (χ1n) is 10.3. The molecule has 1 saturated carbocycles. The fourth-order valence-electron chi connectivity index (χ4n) is 4.98. The lowest BCUT2D eigenvalue weighted by atomic mass is 9.70. The van der Waals surface area contributed by atoms with Gasteiger partial charge in [-0.2, -0.15) is 0 Å². The molecule has 1 spiro atoms. The van der Waals surface area contributed by atoms with Gasteiger partial charge in [-0.3, -0.25) is 4.79 Å². The van der Waals surface area contributed by atoms with Crippen molar-refractivity contribution in [1.29, 1.82) is 0 Å². The third-order valence-electron chi connectivity index (χ3n) is 6.83. The van der Waals surface area contributed by atoms with Crippen LogP contribution in [0.5, 0.6) is 0 Å². The highest BCUT2D eigenvalue weighted by atomic mass is 32.2. The minimum absolute atomic E-state index is 0.0475. The molecule has 30 heavy (non-hydrogen) atoms. The third-order valence-corrected chi connectivity index (χ3v) is 7.39. The summed E-state index contributed by atoms with van der Waals surface area (Å²) in [5, 5.41) is 12.7. The van der Waals surface area contributed by atoms with Crippen LogP contribution >= 0.6 is 11.8 Å². The molecule has 2 aliphatic carbocycles. The molecule has 3 heterocycles. The van der Waals surface area contributed by atoms with Crippen molar-refractivity contribution in [2.24, 2.45) is 5.41 Å². The fourth-order valence-corrected chi connectivity index (χ4v) is 5.31. The van der Waals surface area contributed by atoms with E-state index in [1.165, 1.54) is 11.8 Å². The summed E-state index contributed by atoms with van der Waals surface area (Å²) in [4.78, 5) is 26.9. The Morgan fingerprint density at radius 3 is 2.77 bits per heavy atom. The predicted octanol–water partition coefficient (Wildman–Crippen LogP) is 3.21. The van der Waals surface area contributed by atoms with E-state index in [1.54, 1.807) is 21.6 Å². The van der Waals surface area contributed by atoms with Crippen LogP contribution in [0, 0.1) is 5.41 Å². The zero-order chi connectivity index (χ0) is 21.1.